The lowest BCUT2D eigenvalue weighted by Gasteiger charge is -2.22. The lowest BCUT2D eigenvalue weighted by molar-refractivity contribution is -0.143. The first-order valence-corrected chi connectivity index (χ1v) is 31.1. The molecule has 2 atom stereocenters. The summed E-state index contributed by atoms with van der Waals surface area (Å²) < 4.78 is 5.46. The first kappa shape index (κ1) is 67.3. The van der Waals surface area contributed by atoms with E-state index in [1.54, 1.807) is 0 Å². The number of ether oxygens (including phenoxy) is 1. The number of carbonyl (C=O) groups is 2. The van der Waals surface area contributed by atoms with Crippen molar-refractivity contribution in [3.05, 3.63) is 24.3 Å². The monoisotopic (exact) mass is 972 g/mol. The molecule has 3 N–H and O–H groups in total. The van der Waals surface area contributed by atoms with Gasteiger partial charge in [0.15, 0.2) is 0 Å². The van der Waals surface area contributed by atoms with E-state index in [9.17, 15) is 19.8 Å². The van der Waals surface area contributed by atoms with Gasteiger partial charge < -0.3 is 20.3 Å². The molecule has 0 fully saturated rings. The van der Waals surface area contributed by atoms with Crippen molar-refractivity contribution < 1.29 is 24.5 Å². The molecule has 6 nitrogen and oxygen atoms in total. The molecule has 2 unspecified atom stereocenters. The Balaban J connectivity index is 3.42. The standard InChI is InChI=1S/C63H121NO5/c1-3-5-7-9-11-13-15-16-17-18-26-29-32-36-39-43-47-51-55-61(66)60(59-65)64-62(67)56-52-48-44-40-37-33-30-27-24-22-20-19-21-23-25-28-31-34-38-42-46-50-54-58-69-63(68)57-53-49-45-41-35-14-12-10-8-6-4-2/h10,12,22,24,60-61,65-66H,3-9,11,13-21,23,25-59H2,1-2H3,(H,64,67)/b12-10-,24-22-. The lowest BCUT2D eigenvalue weighted by Crippen LogP contribution is -2.45. The first-order chi connectivity index (χ1) is 34.0. The number of amides is 1. The molecular weight excluding hydrogens is 851 g/mol. The number of carbonyl (C=O) groups excluding carboxylic acids is 2. The summed E-state index contributed by atoms with van der Waals surface area (Å²) in [6, 6.07) is -0.546. The summed E-state index contributed by atoms with van der Waals surface area (Å²) in [4.78, 5) is 24.5. The van der Waals surface area contributed by atoms with Crippen LogP contribution in [0.15, 0.2) is 24.3 Å². The Morgan fingerprint density at radius 2 is 0.696 bits per heavy atom. The van der Waals surface area contributed by atoms with Gasteiger partial charge in [-0.05, 0) is 70.6 Å². The average molecular weight is 973 g/mol. The molecule has 6 heteroatoms. The zero-order valence-corrected chi connectivity index (χ0v) is 46.6. The molecule has 0 radical (unpaired) electrons. The fourth-order valence-electron chi connectivity index (χ4n) is 9.68. The second kappa shape index (κ2) is 58.9. The van der Waals surface area contributed by atoms with Gasteiger partial charge >= 0.3 is 5.97 Å². The van der Waals surface area contributed by atoms with E-state index < -0.39 is 12.1 Å². The van der Waals surface area contributed by atoms with E-state index in [1.165, 1.54) is 263 Å². The van der Waals surface area contributed by atoms with Gasteiger partial charge in [-0.3, -0.25) is 9.59 Å². The Morgan fingerprint density at radius 1 is 0.391 bits per heavy atom. The molecule has 0 saturated carbocycles. The number of hydrogen-bond donors (Lipinski definition) is 3. The van der Waals surface area contributed by atoms with Gasteiger partial charge in [0.2, 0.25) is 5.91 Å². The second-order valence-corrected chi connectivity index (χ2v) is 21.4. The molecule has 408 valence electrons. The van der Waals surface area contributed by atoms with Gasteiger partial charge in [-0.25, -0.2) is 0 Å². The maximum atomic E-state index is 12.5. The number of hydrogen-bond acceptors (Lipinski definition) is 5. The van der Waals surface area contributed by atoms with Crippen LogP contribution in [0.4, 0.5) is 0 Å². The quantitative estimate of drug-likeness (QED) is 0.0321. The van der Waals surface area contributed by atoms with Crippen LogP contribution < -0.4 is 5.32 Å². The van der Waals surface area contributed by atoms with E-state index in [0.29, 0.717) is 25.9 Å². The maximum Gasteiger partial charge on any atom is 0.305 e. The number of nitrogens with one attached hydrogen (secondary N) is 1. The highest BCUT2D eigenvalue weighted by molar-refractivity contribution is 5.76. The summed E-state index contributed by atoms with van der Waals surface area (Å²) in [5, 5.41) is 23.3. The number of aliphatic hydroxyl groups excluding tert-OH is 2. The Kier molecular flexibility index (Phi) is 57.5. The minimum Gasteiger partial charge on any atom is -0.466 e. The van der Waals surface area contributed by atoms with E-state index in [1.807, 2.05) is 0 Å². The molecule has 0 aliphatic rings. The summed E-state index contributed by atoms with van der Waals surface area (Å²) in [5.41, 5.74) is 0. The van der Waals surface area contributed by atoms with Crippen LogP contribution in [0.2, 0.25) is 0 Å². The summed E-state index contributed by atoms with van der Waals surface area (Å²) in [5.74, 6) is -0.0379. The van der Waals surface area contributed by atoms with E-state index in [0.717, 1.165) is 44.9 Å². The average Bonchev–Trinajstić information content (AvgIpc) is 3.35. The van der Waals surface area contributed by atoms with E-state index in [-0.39, 0.29) is 18.5 Å². The molecular formula is C63H121NO5. The number of esters is 1. The van der Waals surface area contributed by atoms with Crippen LogP contribution in [-0.2, 0) is 14.3 Å². The zero-order valence-electron chi connectivity index (χ0n) is 46.6. The predicted molar refractivity (Wildman–Crippen MR) is 301 cm³/mol. The molecule has 69 heavy (non-hydrogen) atoms. The molecule has 0 aromatic rings. The Labute approximate surface area is 431 Å². The molecule has 0 saturated heterocycles. The predicted octanol–water partition coefficient (Wildman–Crippen LogP) is 19.4. The summed E-state index contributed by atoms with van der Waals surface area (Å²) in [7, 11) is 0. The van der Waals surface area contributed by atoms with E-state index in [4.69, 9.17) is 4.74 Å². The highest BCUT2D eigenvalue weighted by atomic mass is 16.5. The van der Waals surface area contributed by atoms with Crippen LogP contribution >= 0.6 is 0 Å². The summed E-state index contributed by atoms with van der Waals surface area (Å²) in [6.45, 7) is 4.93. The molecule has 1 amide bonds. The van der Waals surface area contributed by atoms with Gasteiger partial charge in [-0.2, -0.15) is 0 Å². The lowest BCUT2D eigenvalue weighted by atomic mass is 10.0. The van der Waals surface area contributed by atoms with E-state index >= 15 is 0 Å². The fraction of sp³-hybridized carbons (Fsp3) is 0.905. The molecule has 0 spiro atoms. The van der Waals surface area contributed by atoms with Crippen LogP contribution in [0.5, 0.6) is 0 Å². The van der Waals surface area contributed by atoms with Gasteiger partial charge in [0.25, 0.3) is 0 Å². The molecule has 0 bridgehead atoms. The normalized spacial score (nSPS) is 12.7. The molecule has 0 aliphatic carbocycles. The smallest absolute Gasteiger partial charge is 0.305 e. The highest BCUT2D eigenvalue weighted by Gasteiger charge is 2.20. The van der Waals surface area contributed by atoms with Crippen molar-refractivity contribution in [2.24, 2.45) is 0 Å². The van der Waals surface area contributed by atoms with E-state index in [2.05, 4.69) is 43.5 Å². The third-order valence-electron chi connectivity index (χ3n) is 14.5. The topological polar surface area (TPSA) is 95.9 Å². The number of allylic oxidation sites excluding steroid dienone is 4. The van der Waals surface area contributed by atoms with Crippen LogP contribution in [0.25, 0.3) is 0 Å². The van der Waals surface area contributed by atoms with Crippen molar-refractivity contribution in [3.8, 4) is 0 Å². The van der Waals surface area contributed by atoms with Crippen LogP contribution in [0, 0.1) is 0 Å². The molecule has 0 aliphatic heterocycles. The van der Waals surface area contributed by atoms with Crippen molar-refractivity contribution in [1.82, 2.24) is 5.32 Å². The maximum absolute atomic E-state index is 12.5. The summed E-state index contributed by atoms with van der Waals surface area (Å²) in [6.07, 6.45) is 71.9. The molecule has 0 aromatic heterocycles. The largest absolute Gasteiger partial charge is 0.466 e. The van der Waals surface area contributed by atoms with Gasteiger partial charge in [0.05, 0.1) is 25.4 Å². The van der Waals surface area contributed by atoms with Crippen LogP contribution in [-0.4, -0.2) is 47.4 Å². The molecule has 0 aromatic carbocycles. The number of rotatable bonds is 58. The minimum atomic E-state index is -0.668. The molecule has 0 rings (SSSR count). The van der Waals surface area contributed by atoms with Crippen molar-refractivity contribution in [3.63, 3.8) is 0 Å². The van der Waals surface area contributed by atoms with Gasteiger partial charge in [0.1, 0.15) is 0 Å². The number of aliphatic hydroxyl groups is 2. The Hall–Kier alpha value is -1.66. The summed E-state index contributed by atoms with van der Waals surface area (Å²) >= 11 is 0. The third kappa shape index (κ3) is 55.5. The molecule has 0 heterocycles. The fourth-order valence-corrected chi connectivity index (χ4v) is 9.68. The van der Waals surface area contributed by atoms with Crippen LogP contribution in [0.3, 0.4) is 0 Å². The second-order valence-electron chi connectivity index (χ2n) is 21.4. The minimum absolute atomic E-state index is 0.000721. The van der Waals surface area contributed by atoms with Crippen LogP contribution in [0.1, 0.15) is 341 Å². The Bertz CT molecular complexity index is 1080. The SMILES string of the molecule is CCCC/C=C\CCCCCCCC(=O)OCCCCCCCCCCCCCC/C=C\CCCCCCCCCC(=O)NC(CO)C(O)CCCCCCCCCCCCCCCCCCCC. The van der Waals surface area contributed by atoms with Crippen molar-refractivity contribution in [2.75, 3.05) is 13.2 Å². The first-order valence-electron chi connectivity index (χ1n) is 31.1. The zero-order chi connectivity index (χ0) is 50.0. The van der Waals surface area contributed by atoms with Gasteiger partial charge in [0, 0.05) is 12.8 Å². The van der Waals surface area contributed by atoms with Gasteiger partial charge in [-0.1, -0.05) is 282 Å². The van der Waals surface area contributed by atoms with Crippen molar-refractivity contribution >= 4 is 11.9 Å². The van der Waals surface area contributed by atoms with Gasteiger partial charge in [-0.15, -0.1) is 0 Å². The third-order valence-corrected chi connectivity index (χ3v) is 14.5. The van der Waals surface area contributed by atoms with Crippen molar-refractivity contribution in [1.29, 1.82) is 0 Å². The van der Waals surface area contributed by atoms with Crippen molar-refractivity contribution in [2.45, 2.75) is 353 Å². The Morgan fingerprint density at radius 3 is 1.07 bits per heavy atom. The number of unbranched alkanes of at least 4 members (excludes halogenated alkanes) is 43. The highest BCUT2D eigenvalue weighted by Crippen LogP contribution is 2.18.